The van der Waals surface area contributed by atoms with Gasteiger partial charge in [-0.05, 0) is 25.7 Å². The van der Waals surface area contributed by atoms with E-state index in [-0.39, 0.29) is 31.1 Å². The van der Waals surface area contributed by atoms with Crippen LogP contribution < -0.4 is 26.6 Å². The average Bonchev–Trinajstić information content (AvgIpc) is 3.03. The molecule has 0 rings (SSSR count). The van der Waals surface area contributed by atoms with E-state index >= 15 is 0 Å². The molecule has 0 saturated heterocycles. The van der Waals surface area contributed by atoms with Crippen LogP contribution >= 0.6 is 0 Å². The average molecular weight is 692 g/mol. The smallest absolute Gasteiger partial charge is 0.326 e. The quantitative estimate of drug-likeness (QED) is 0.0445. The van der Waals surface area contributed by atoms with Crippen molar-refractivity contribution >= 4 is 41.7 Å². The van der Waals surface area contributed by atoms with Gasteiger partial charge in [-0.3, -0.25) is 19.2 Å². The molecule has 0 fully saturated rings. The molecular weight excluding hydrogens is 638 g/mol. The normalized spacial score (nSPS) is 11.9. The van der Waals surface area contributed by atoms with E-state index in [4.69, 9.17) is 24.4 Å². The van der Waals surface area contributed by atoms with Gasteiger partial charge < -0.3 is 56.1 Å². The molecule has 0 aromatic heterocycles. The second kappa shape index (κ2) is 29.1. The lowest BCUT2D eigenvalue weighted by Gasteiger charge is -2.18. The highest BCUT2D eigenvalue weighted by Gasteiger charge is 2.25. The number of ether oxygens (including phenoxy) is 3. The molecule has 8 N–H and O–H groups in total. The zero-order valence-corrected chi connectivity index (χ0v) is 27.7. The molecule has 276 valence electrons. The van der Waals surface area contributed by atoms with E-state index in [1.165, 1.54) is 0 Å². The number of nitrogens with one attached hydrogen (secondary N) is 5. The molecule has 48 heavy (non-hydrogen) atoms. The van der Waals surface area contributed by atoms with E-state index in [1.54, 1.807) is 6.92 Å². The molecule has 2 unspecified atom stereocenters. The van der Waals surface area contributed by atoms with Gasteiger partial charge in [-0.1, -0.05) is 26.2 Å². The van der Waals surface area contributed by atoms with Crippen molar-refractivity contribution in [1.82, 2.24) is 26.6 Å². The van der Waals surface area contributed by atoms with E-state index in [1.807, 2.05) is 5.32 Å². The molecule has 0 bridgehead atoms. The van der Waals surface area contributed by atoms with Crippen LogP contribution in [0.2, 0.25) is 0 Å². The maximum Gasteiger partial charge on any atom is 0.326 e. The highest BCUT2D eigenvalue weighted by Crippen LogP contribution is 2.06. The first-order chi connectivity index (χ1) is 23.0. The van der Waals surface area contributed by atoms with Crippen molar-refractivity contribution in [2.75, 3.05) is 59.3 Å². The van der Waals surface area contributed by atoms with Gasteiger partial charge in [0.1, 0.15) is 12.1 Å². The second-order valence-electron chi connectivity index (χ2n) is 10.6. The van der Waals surface area contributed by atoms with Crippen LogP contribution in [0, 0.1) is 0 Å². The van der Waals surface area contributed by atoms with E-state index in [9.17, 15) is 38.7 Å². The fourth-order valence-corrected chi connectivity index (χ4v) is 3.95. The van der Waals surface area contributed by atoms with E-state index < -0.39 is 48.4 Å². The van der Waals surface area contributed by atoms with Crippen LogP contribution in [0.15, 0.2) is 0 Å². The summed E-state index contributed by atoms with van der Waals surface area (Å²) < 4.78 is 16.1. The minimum Gasteiger partial charge on any atom is -0.481 e. The van der Waals surface area contributed by atoms with Crippen LogP contribution in [0.5, 0.6) is 0 Å². The first kappa shape index (κ1) is 44.0. The summed E-state index contributed by atoms with van der Waals surface area (Å²) in [5, 5.41) is 39.4. The topological polar surface area (TPSA) is 268 Å². The third-order valence-electron chi connectivity index (χ3n) is 6.62. The van der Waals surface area contributed by atoms with E-state index in [2.05, 4.69) is 21.3 Å². The summed E-state index contributed by atoms with van der Waals surface area (Å²) in [6.07, 6.45) is 3.50. The highest BCUT2D eigenvalue weighted by molar-refractivity contribution is 5.86. The minimum absolute atomic E-state index is 0.0111. The van der Waals surface area contributed by atoms with Gasteiger partial charge in [0.2, 0.25) is 17.7 Å². The number of unbranched alkanes of at least 4 members (excludes halogenated alkanes) is 4. The van der Waals surface area contributed by atoms with Gasteiger partial charge in [0.15, 0.2) is 0 Å². The van der Waals surface area contributed by atoms with Crippen molar-refractivity contribution in [2.24, 2.45) is 0 Å². The van der Waals surface area contributed by atoms with Gasteiger partial charge in [-0.25, -0.2) is 14.4 Å². The highest BCUT2D eigenvalue weighted by atomic mass is 16.5. The summed E-state index contributed by atoms with van der Waals surface area (Å²) in [6, 6.07) is -4.07. The zero-order valence-electron chi connectivity index (χ0n) is 27.7. The lowest BCUT2D eigenvalue weighted by Crippen LogP contribution is -2.51. The molecular formula is C30H53N5O13. The van der Waals surface area contributed by atoms with Crippen molar-refractivity contribution in [3.05, 3.63) is 0 Å². The van der Waals surface area contributed by atoms with Gasteiger partial charge in [0.05, 0.1) is 39.6 Å². The zero-order chi connectivity index (χ0) is 36.0. The summed E-state index contributed by atoms with van der Waals surface area (Å²) >= 11 is 0. The summed E-state index contributed by atoms with van der Waals surface area (Å²) in [6.45, 7) is 5.51. The molecule has 0 aromatic carbocycles. The maximum atomic E-state index is 12.1. The summed E-state index contributed by atoms with van der Waals surface area (Å²) in [5.74, 6) is -4.60. The van der Waals surface area contributed by atoms with Crippen molar-refractivity contribution in [2.45, 2.75) is 89.6 Å². The molecule has 0 spiro atoms. The molecule has 5 amide bonds. The Morgan fingerprint density at radius 1 is 0.521 bits per heavy atom. The Morgan fingerprint density at radius 3 is 1.48 bits per heavy atom. The van der Waals surface area contributed by atoms with Gasteiger partial charge in [0, 0.05) is 45.3 Å². The first-order valence-corrected chi connectivity index (χ1v) is 16.2. The van der Waals surface area contributed by atoms with Crippen molar-refractivity contribution in [3.8, 4) is 0 Å². The number of urea groups is 1. The molecule has 0 radical (unpaired) electrons. The van der Waals surface area contributed by atoms with Crippen LogP contribution in [-0.4, -0.2) is 128 Å². The van der Waals surface area contributed by atoms with Crippen molar-refractivity contribution in [3.63, 3.8) is 0 Å². The van der Waals surface area contributed by atoms with Crippen molar-refractivity contribution < 1.29 is 63.1 Å². The number of rotatable bonds is 31. The van der Waals surface area contributed by atoms with Crippen molar-refractivity contribution in [1.29, 1.82) is 0 Å². The van der Waals surface area contributed by atoms with Gasteiger partial charge >= 0.3 is 23.9 Å². The van der Waals surface area contributed by atoms with E-state index in [0.29, 0.717) is 78.5 Å². The number of hydrogen-bond acceptors (Lipinski definition) is 10. The summed E-state index contributed by atoms with van der Waals surface area (Å²) in [7, 11) is 0. The second-order valence-corrected chi connectivity index (χ2v) is 10.6. The number of amides is 5. The number of hydrogen-bond donors (Lipinski definition) is 8. The monoisotopic (exact) mass is 691 g/mol. The van der Waals surface area contributed by atoms with Crippen LogP contribution in [0.25, 0.3) is 0 Å². The lowest BCUT2D eigenvalue weighted by atomic mass is 10.1. The Hall–Kier alpha value is -4.03. The molecule has 0 aliphatic carbocycles. The molecule has 0 aromatic rings. The Labute approximate surface area is 280 Å². The molecule has 0 saturated carbocycles. The molecule has 18 heteroatoms. The molecule has 18 nitrogen and oxygen atoms in total. The van der Waals surface area contributed by atoms with Gasteiger partial charge in [0.25, 0.3) is 0 Å². The number of carboxylic acid groups (broad SMARTS) is 3. The lowest BCUT2D eigenvalue weighted by molar-refractivity contribution is -0.141. The standard InChI is InChI=1S/C30H53N5O13/c1-2-24(36)32-14-16-46-18-20-48-21-19-47-17-15-33-25(37)8-6-4-3-5-7-13-31-26(38)11-9-22(28(41)42)34-30(45)35-23(29(43)44)10-12-27(39)40/h22-23H,2-21H2,1H3,(H,31,38)(H,32,36)(H,33,37)(H,39,40)(H,41,42)(H,43,44)(H2,34,35,45). The third kappa shape index (κ3) is 27.1. The van der Waals surface area contributed by atoms with Gasteiger partial charge in [-0.2, -0.15) is 0 Å². The molecule has 0 aliphatic heterocycles. The minimum atomic E-state index is -1.52. The van der Waals surface area contributed by atoms with Crippen LogP contribution in [0.3, 0.4) is 0 Å². The predicted molar refractivity (Wildman–Crippen MR) is 170 cm³/mol. The number of carboxylic acids is 3. The van der Waals surface area contributed by atoms with E-state index in [0.717, 1.165) is 25.7 Å². The molecule has 0 heterocycles. The largest absolute Gasteiger partial charge is 0.481 e. The first-order valence-electron chi connectivity index (χ1n) is 16.2. The Kier molecular flexibility index (Phi) is 26.7. The fourth-order valence-electron chi connectivity index (χ4n) is 3.95. The van der Waals surface area contributed by atoms with Gasteiger partial charge in [-0.15, -0.1) is 0 Å². The van der Waals surface area contributed by atoms with Crippen LogP contribution in [0.4, 0.5) is 4.79 Å². The number of carbonyl (C=O) groups excluding carboxylic acids is 4. The summed E-state index contributed by atoms with van der Waals surface area (Å²) in [4.78, 5) is 80.4. The van der Waals surface area contributed by atoms with Crippen LogP contribution in [-0.2, 0) is 43.0 Å². The maximum absolute atomic E-state index is 12.1. The number of aliphatic carboxylic acids is 3. The molecule has 2 atom stereocenters. The third-order valence-corrected chi connectivity index (χ3v) is 6.62. The Morgan fingerprint density at radius 2 is 0.958 bits per heavy atom. The molecule has 0 aliphatic rings. The predicted octanol–water partition coefficient (Wildman–Crippen LogP) is -0.0140. The number of carbonyl (C=O) groups is 7. The summed E-state index contributed by atoms with van der Waals surface area (Å²) in [5.41, 5.74) is 0. The fraction of sp³-hybridized carbons (Fsp3) is 0.767. The Balaban J connectivity index is 3.76. The Bertz CT molecular complexity index is 983. The SMILES string of the molecule is CCC(=O)NCCOCCOCCOCCNC(=O)CCCCCCCNC(=O)CCC(NC(=O)NC(CCC(=O)O)C(=O)O)C(=O)O. The van der Waals surface area contributed by atoms with Crippen LogP contribution in [0.1, 0.15) is 77.6 Å².